The van der Waals surface area contributed by atoms with Crippen LogP contribution >= 0.6 is 11.8 Å². The molecule has 0 aromatic heterocycles. The number of ether oxygens (including phenoxy) is 1. The monoisotopic (exact) mass is 286 g/mol. The normalized spacial score (nSPS) is 27.1. The van der Waals surface area contributed by atoms with Gasteiger partial charge in [0.15, 0.2) is 0 Å². The molecule has 2 heterocycles. The van der Waals surface area contributed by atoms with E-state index in [0.29, 0.717) is 6.54 Å². The minimum atomic E-state index is -0.308. The number of carbonyl (C=O) groups is 3. The average molecular weight is 286 g/mol. The van der Waals surface area contributed by atoms with Crippen LogP contribution in [0.3, 0.4) is 0 Å². The Morgan fingerprint density at radius 1 is 1.42 bits per heavy atom. The molecule has 1 atom stereocenters. The first-order chi connectivity index (χ1) is 9.06. The summed E-state index contributed by atoms with van der Waals surface area (Å²) in [4.78, 5) is 35.6. The number of nitrogens with one attached hydrogen (secondary N) is 1. The SMILES string of the molecule is COC1(CNC(=O)CN2C(=O)CCC2=O)CCSC1. The molecule has 0 bridgehead atoms. The molecule has 2 aliphatic heterocycles. The minimum Gasteiger partial charge on any atom is -0.376 e. The van der Waals surface area contributed by atoms with E-state index in [9.17, 15) is 14.4 Å². The van der Waals surface area contributed by atoms with Crippen molar-refractivity contribution in [2.24, 2.45) is 0 Å². The Labute approximate surface area is 116 Å². The van der Waals surface area contributed by atoms with E-state index in [0.717, 1.165) is 22.8 Å². The molecule has 19 heavy (non-hydrogen) atoms. The second-order valence-electron chi connectivity index (χ2n) is 4.84. The van der Waals surface area contributed by atoms with Crippen molar-refractivity contribution in [2.45, 2.75) is 24.9 Å². The van der Waals surface area contributed by atoms with Gasteiger partial charge in [0, 0.05) is 32.2 Å². The first kappa shape index (κ1) is 14.3. The number of rotatable bonds is 5. The van der Waals surface area contributed by atoms with Crippen LogP contribution in [0.15, 0.2) is 0 Å². The minimum absolute atomic E-state index is 0.176. The second-order valence-corrected chi connectivity index (χ2v) is 5.95. The van der Waals surface area contributed by atoms with Crippen LogP contribution in [0.1, 0.15) is 19.3 Å². The Morgan fingerprint density at radius 2 is 2.11 bits per heavy atom. The number of imide groups is 1. The zero-order valence-electron chi connectivity index (χ0n) is 10.9. The van der Waals surface area contributed by atoms with Crippen molar-refractivity contribution >= 4 is 29.5 Å². The van der Waals surface area contributed by atoms with Crippen LogP contribution in [0, 0.1) is 0 Å². The second kappa shape index (κ2) is 5.92. The van der Waals surface area contributed by atoms with E-state index in [2.05, 4.69) is 5.32 Å². The molecule has 7 heteroatoms. The van der Waals surface area contributed by atoms with Crippen LogP contribution in [0.5, 0.6) is 0 Å². The molecule has 0 radical (unpaired) electrons. The predicted molar refractivity (Wildman–Crippen MR) is 70.6 cm³/mol. The van der Waals surface area contributed by atoms with Crippen molar-refractivity contribution < 1.29 is 19.1 Å². The number of methoxy groups -OCH3 is 1. The van der Waals surface area contributed by atoms with Crippen molar-refractivity contribution in [2.75, 3.05) is 31.7 Å². The van der Waals surface area contributed by atoms with E-state index in [4.69, 9.17) is 4.74 Å². The number of hydrogen-bond acceptors (Lipinski definition) is 5. The van der Waals surface area contributed by atoms with E-state index in [-0.39, 0.29) is 42.7 Å². The van der Waals surface area contributed by atoms with Crippen LogP contribution in [0.25, 0.3) is 0 Å². The average Bonchev–Trinajstić information content (AvgIpc) is 2.99. The van der Waals surface area contributed by atoms with Crippen LogP contribution in [-0.2, 0) is 19.1 Å². The van der Waals surface area contributed by atoms with Crippen LogP contribution in [-0.4, -0.2) is 59.9 Å². The lowest BCUT2D eigenvalue weighted by Gasteiger charge is -2.27. The van der Waals surface area contributed by atoms with Crippen molar-refractivity contribution in [3.63, 3.8) is 0 Å². The van der Waals surface area contributed by atoms with E-state index >= 15 is 0 Å². The Bertz CT molecular complexity index is 377. The summed E-state index contributed by atoms with van der Waals surface area (Å²) in [5.74, 6) is 1.03. The lowest BCUT2D eigenvalue weighted by molar-refractivity contribution is -0.142. The third kappa shape index (κ3) is 3.27. The maximum atomic E-state index is 11.8. The molecule has 1 N–H and O–H groups in total. The van der Waals surface area contributed by atoms with E-state index in [1.54, 1.807) is 18.9 Å². The van der Waals surface area contributed by atoms with Crippen LogP contribution < -0.4 is 5.32 Å². The van der Waals surface area contributed by atoms with Gasteiger partial charge in [0.05, 0.1) is 5.60 Å². The van der Waals surface area contributed by atoms with Gasteiger partial charge in [-0.3, -0.25) is 19.3 Å². The molecule has 0 spiro atoms. The van der Waals surface area contributed by atoms with Gasteiger partial charge in [-0.25, -0.2) is 0 Å². The van der Waals surface area contributed by atoms with Crippen molar-refractivity contribution in [3.05, 3.63) is 0 Å². The first-order valence-electron chi connectivity index (χ1n) is 6.29. The smallest absolute Gasteiger partial charge is 0.240 e. The summed E-state index contributed by atoms with van der Waals surface area (Å²) in [7, 11) is 1.64. The maximum absolute atomic E-state index is 11.8. The van der Waals surface area contributed by atoms with E-state index in [1.807, 2.05) is 0 Å². The Morgan fingerprint density at radius 3 is 2.63 bits per heavy atom. The predicted octanol–water partition coefficient (Wildman–Crippen LogP) is -0.226. The van der Waals surface area contributed by atoms with E-state index in [1.165, 1.54) is 0 Å². The summed E-state index contributed by atoms with van der Waals surface area (Å²) in [6.45, 7) is 0.246. The molecule has 1 unspecified atom stereocenters. The molecule has 2 saturated heterocycles. The molecule has 0 aliphatic carbocycles. The van der Waals surface area contributed by atoms with Gasteiger partial charge in [0.25, 0.3) is 0 Å². The molecule has 3 amide bonds. The highest BCUT2D eigenvalue weighted by Gasteiger charge is 2.35. The molecule has 2 fully saturated rings. The molecule has 6 nitrogen and oxygen atoms in total. The number of nitrogens with zero attached hydrogens (tertiary/aromatic N) is 1. The fraction of sp³-hybridized carbons (Fsp3) is 0.750. The summed E-state index contributed by atoms with van der Waals surface area (Å²) in [6, 6.07) is 0. The fourth-order valence-electron chi connectivity index (χ4n) is 2.22. The molecular weight excluding hydrogens is 268 g/mol. The van der Waals surface area contributed by atoms with Gasteiger partial charge in [-0.1, -0.05) is 0 Å². The van der Waals surface area contributed by atoms with Gasteiger partial charge in [-0.05, 0) is 12.2 Å². The molecule has 0 aromatic carbocycles. The third-order valence-electron chi connectivity index (χ3n) is 3.56. The Hall–Kier alpha value is -1.08. The van der Waals surface area contributed by atoms with Crippen molar-refractivity contribution in [1.29, 1.82) is 0 Å². The van der Waals surface area contributed by atoms with Crippen molar-refractivity contribution in [3.8, 4) is 0 Å². The molecular formula is C12H18N2O4S. The summed E-state index contributed by atoms with van der Waals surface area (Å²) < 4.78 is 5.48. The highest BCUT2D eigenvalue weighted by atomic mass is 32.2. The van der Waals surface area contributed by atoms with Crippen molar-refractivity contribution in [1.82, 2.24) is 10.2 Å². The maximum Gasteiger partial charge on any atom is 0.240 e. The largest absolute Gasteiger partial charge is 0.376 e. The Balaban J connectivity index is 1.81. The van der Waals surface area contributed by atoms with Gasteiger partial charge in [-0.15, -0.1) is 0 Å². The molecule has 0 saturated carbocycles. The third-order valence-corrected chi connectivity index (χ3v) is 4.79. The highest BCUT2D eigenvalue weighted by Crippen LogP contribution is 2.30. The summed E-state index contributed by atoms with van der Waals surface area (Å²) in [5.41, 5.74) is -0.306. The number of hydrogen-bond donors (Lipinski definition) is 1. The lowest BCUT2D eigenvalue weighted by atomic mass is 10.0. The standard InChI is InChI=1S/C12H18N2O4S/c1-18-12(4-5-19-8-12)7-13-9(15)6-14-10(16)2-3-11(14)17/h2-8H2,1H3,(H,13,15). The number of amides is 3. The number of carbonyl (C=O) groups excluding carboxylic acids is 3. The first-order valence-corrected chi connectivity index (χ1v) is 7.45. The summed E-state index contributed by atoms with van der Waals surface area (Å²) >= 11 is 1.80. The number of likely N-dealkylation sites (tertiary alicyclic amines) is 1. The quantitative estimate of drug-likeness (QED) is 0.707. The summed E-state index contributed by atoms with van der Waals surface area (Å²) in [6.07, 6.45) is 1.32. The molecule has 106 valence electrons. The van der Waals surface area contributed by atoms with Gasteiger partial charge >= 0.3 is 0 Å². The fourth-order valence-corrected chi connectivity index (χ4v) is 3.62. The van der Waals surface area contributed by atoms with Gasteiger partial charge in [0.1, 0.15) is 6.54 Å². The zero-order chi connectivity index (χ0) is 13.9. The highest BCUT2D eigenvalue weighted by molar-refractivity contribution is 7.99. The Kier molecular flexibility index (Phi) is 4.46. The molecule has 2 rings (SSSR count). The van der Waals surface area contributed by atoms with Crippen LogP contribution in [0.2, 0.25) is 0 Å². The molecule has 2 aliphatic rings. The van der Waals surface area contributed by atoms with Crippen LogP contribution in [0.4, 0.5) is 0 Å². The molecule has 0 aromatic rings. The lowest BCUT2D eigenvalue weighted by Crippen LogP contribution is -2.48. The van der Waals surface area contributed by atoms with Gasteiger partial charge in [0.2, 0.25) is 17.7 Å². The topological polar surface area (TPSA) is 75.7 Å². The number of thioether (sulfide) groups is 1. The summed E-state index contributed by atoms with van der Waals surface area (Å²) in [5, 5.41) is 2.76. The zero-order valence-corrected chi connectivity index (χ0v) is 11.8. The van der Waals surface area contributed by atoms with Gasteiger partial charge in [-0.2, -0.15) is 11.8 Å². The van der Waals surface area contributed by atoms with Gasteiger partial charge < -0.3 is 10.1 Å². The van der Waals surface area contributed by atoms with E-state index < -0.39 is 0 Å².